The molecule has 3 aromatic heterocycles. The molecule has 5 nitrogen and oxygen atoms in total. The molecule has 0 fully saturated rings. The van der Waals surface area contributed by atoms with Crippen LogP contribution < -0.4 is 9.30 Å². The summed E-state index contributed by atoms with van der Waals surface area (Å²) in [6, 6.07) is 41.6. The van der Waals surface area contributed by atoms with Crippen LogP contribution in [0.2, 0.25) is 0 Å². The van der Waals surface area contributed by atoms with E-state index in [2.05, 4.69) is 80.2 Å². The molecule has 8 aromatic carbocycles. The third kappa shape index (κ3) is 7.01. The van der Waals surface area contributed by atoms with Crippen LogP contribution in [0.3, 0.4) is 0 Å². The highest BCUT2D eigenvalue weighted by atomic mass is 16.5. The van der Waals surface area contributed by atoms with Crippen molar-refractivity contribution in [3.8, 4) is 62.1 Å². The maximum absolute atomic E-state index is 9.04. The highest BCUT2D eigenvalue weighted by molar-refractivity contribution is 6.10. The quantitative estimate of drug-likeness (QED) is 0.102. The van der Waals surface area contributed by atoms with Crippen molar-refractivity contribution in [3.05, 3.63) is 224 Å². The molecule has 0 N–H and O–H groups in total. The van der Waals surface area contributed by atoms with Gasteiger partial charge in [0.05, 0.1) is 47.1 Å². The maximum atomic E-state index is 9.04. The molecule has 5 heteroatoms. The molecule has 1 atom stereocenters. The van der Waals surface area contributed by atoms with Crippen molar-refractivity contribution in [1.29, 1.82) is 0 Å². The molecule has 64 heavy (non-hydrogen) atoms. The third-order valence-corrected chi connectivity index (χ3v) is 12.0. The molecule has 0 radical (unpaired) electrons. The van der Waals surface area contributed by atoms with Crippen LogP contribution in [0.25, 0.3) is 83.4 Å². The normalized spacial score (nSPS) is 14.2. The van der Waals surface area contributed by atoms with E-state index in [1.165, 1.54) is 5.56 Å². The average molecular weight is 837 g/mol. The standard InChI is InChI=1S/C59H46N4O/c1-40(2)41(3)45-33-34-60-58(36-45)63-54-32-29-46(42-17-7-4-8-18-42)35-53(54)52-31-30-49(38-57(52)63)64-48-24-15-23-47(37-48)61-39-62(56-28-14-13-27-55(56)61)59-50(43-19-9-5-10-20-43)25-16-26-51(59)44-21-11-6-12-22-44/h4-38,40-41H,1-3H3/i5D,6D,9D,10D,11D,12D,19D,20D,21D,22D. The van der Waals surface area contributed by atoms with Gasteiger partial charge in [-0.1, -0.05) is 166 Å². The van der Waals surface area contributed by atoms with Gasteiger partial charge in [0.1, 0.15) is 17.3 Å². The number of imidazole rings is 1. The third-order valence-electron chi connectivity index (χ3n) is 12.0. The predicted molar refractivity (Wildman–Crippen MR) is 262 cm³/mol. The molecule has 11 aromatic rings. The van der Waals surface area contributed by atoms with Crippen LogP contribution >= 0.6 is 0 Å². The molecule has 0 saturated carbocycles. The number of ether oxygens (including phenoxy) is 1. The lowest BCUT2D eigenvalue weighted by atomic mass is 9.91. The molecular weight excluding hydrogens is 781 g/mol. The molecule has 3 heterocycles. The van der Waals surface area contributed by atoms with Gasteiger partial charge in [0, 0.05) is 23.0 Å². The second-order valence-electron chi connectivity index (χ2n) is 16.2. The zero-order valence-electron chi connectivity index (χ0n) is 45.3. The van der Waals surface area contributed by atoms with E-state index in [-0.39, 0.29) is 27.9 Å². The van der Waals surface area contributed by atoms with Gasteiger partial charge in [-0.25, -0.2) is 4.98 Å². The van der Waals surface area contributed by atoms with Gasteiger partial charge < -0.3 is 4.74 Å². The van der Waals surface area contributed by atoms with E-state index in [4.69, 9.17) is 23.4 Å². The van der Waals surface area contributed by atoms with Crippen molar-refractivity contribution in [2.24, 2.45) is 5.92 Å². The molecule has 308 valence electrons. The number of benzene rings is 8. The van der Waals surface area contributed by atoms with Gasteiger partial charge >= 0.3 is 0 Å². The van der Waals surface area contributed by atoms with Crippen LogP contribution in [0.1, 0.15) is 46.0 Å². The van der Waals surface area contributed by atoms with Gasteiger partial charge in [-0.2, -0.15) is 0 Å². The fraction of sp³-hybridized carbons (Fsp3) is 0.0847. The number of aromatic nitrogens is 4. The molecule has 0 bridgehead atoms. The second-order valence-corrected chi connectivity index (χ2v) is 16.2. The van der Waals surface area contributed by atoms with Gasteiger partial charge in [0.2, 0.25) is 0 Å². The van der Waals surface area contributed by atoms with Crippen LogP contribution in [0.5, 0.6) is 11.5 Å². The molecule has 0 aliphatic rings. The summed E-state index contributed by atoms with van der Waals surface area (Å²) < 4.78 is 99.6. The summed E-state index contributed by atoms with van der Waals surface area (Å²) in [4.78, 5) is 4.92. The fourth-order valence-corrected chi connectivity index (χ4v) is 8.54. The van der Waals surface area contributed by atoms with Crippen molar-refractivity contribution in [2.75, 3.05) is 0 Å². The van der Waals surface area contributed by atoms with Crippen LogP contribution in [0, 0.1) is 12.2 Å². The maximum Gasteiger partial charge on any atom is 0.269 e. The Kier molecular flexibility index (Phi) is 7.49. The molecule has 11 rings (SSSR count). The van der Waals surface area contributed by atoms with Crippen LogP contribution in [-0.2, 0) is 0 Å². The Morgan fingerprint density at radius 3 is 2.02 bits per heavy atom. The number of rotatable bonds is 10. The van der Waals surface area contributed by atoms with Crippen LogP contribution in [-0.4, -0.2) is 14.1 Å². The molecule has 1 unspecified atom stereocenters. The monoisotopic (exact) mass is 836 g/mol. The Morgan fingerprint density at radius 2 is 1.27 bits per heavy atom. The summed E-state index contributed by atoms with van der Waals surface area (Å²) in [5.74, 6) is 2.64. The van der Waals surface area contributed by atoms with Crippen molar-refractivity contribution in [1.82, 2.24) is 14.1 Å². The van der Waals surface area contributed by atoms with Gasteiger partial charge in [-0.05, 0) is 105 Å². The highest BCUT2D eigenvalue weighted by Gasteiger charge is 2.21. The number of fused-ring (bicyclic) bond motifs is 4. The van der Waals surface area contributed by atoms with E-state index >= 15 is 0 Å². The Balaban J connectivity index is 1.07. The lowest BCUT2D eigenvalue weighted by Crippen LogP contribution is -2.31. The van der Waals surface area contributed by atoms with Crippen molar-refractivity contribution in [2.45, 2.75) is 26.7 Å². The zero-order valence-corrected chi connectivity index (χ0v) is 35.3. The first-order valence-corrected chi connectivity index (χ1v) is 21.2. The molecule has 0 aliphatic heterocycles. The summed E-state index contributed by atoms with van der Waals surface area (Å²) in [5, 5.41) is 2.11. The number of nitrogens with zero attached hydrogens (tertiary/aromatic N) is 4. The number of para-hydroxylation sites is 3. The molecular formula is C59H46N4O. The zero-order chi connectivity index (χ0) is 51.9. The lowest BCUT2D eigenvalue weighted by Gasteiger charge is -2.17. The van der Waals surface area contributed by atoms with Crippen molar-refractivity contribution < 1.29 is 23.0 Å². The van der Waals surface area contributed by atoms with Crippen LogP contribution in [0.15, 0.2) is 212 Å². The summed E-state index contributed by atoms with van der Waals surface area (Å²) in [7, 11) is 0. The minimum atomic E-state index is -0.566. The first-order chi connectivity index (χ1) is 35.6. The summed E-state index contributed by atoms with van der Waals surface area (Å²) in [5.41, 5.74) is 7.42. The van der Waals surface area contributed by atoms with Crippen molar-refractivity contribution >= 4 is 32.8 Å². The van der Waals surface area contributed by atoms with E-state index in [1.807, 2.05) is 85.1 Å². The summed E-state index contributed by atoms with van der Waals surface area (Å²) in [6.45, 7) is 6.68. The molecule has 0 spiro atoms. The minimum Gasteiger partial charge on any atom is -0.458 e. The molecule has 0 aliphatic carbocycles. The van der Waals surface area contributed by atoms with E-state index in [9.17, 15) is 0 Å². The van der Waals surface area contributed by atoms with Gasteiger partial charge in [-0.15, -0.1) is 0 Å². The van der Waals surface area contributed by atoms with E-state index in [0.29, 0.717) is 40.1 Å². The molecule has 0 amide bonds. The van der Waals surface area contributed by atoms with Crippen LogP contribution in [0.4, 0.5) is 0 Å². The Labute approximate surface area is 387 Å². The Hall–Kier alpha value is -8.02. The Morgan fingerprint density at radius 1 is 0.562 bits per heavy atom. The topological polar surface area (TPSA) is 35.9 Å². The second kappa shape index (κ2) is 16.4. The first kappa shape index (κ1) is 29.3. The predicted octanol–water partition coefficient (Wildman–Crippen LogP) is 14.8. The van der Waals surface area contributed by atoms with E-state index in [1.54, 1.807) is 27.3 Å². The van der Waals surface area contributed by atoms with Gasteiger partial charge in [0.15, 0.2) is 0 Å². The van der Waals surface area contributed by atoms with E-state index in [0.717, 1.165) is 38.8 Å². The summed E-state index contributed by atoms with van der Waals surface area (Å²) >= 11 is 0. The average Bonchev–Trinajstić information content (AvgIpc) is 3.96. The summed E-state index contributed by atoms with van der Waals surface area (Å²) in [6.07, 6.45) is 5.33. The largest absolute Gasteiger partial charge is 0.458 e. The number of hydrogen-bond donors (Lipinski definition) is 0. The minimum absolute atomic E-state index is 0.130. The van der Waals surface area contributed by atoms with Crippen molar-refractivity contribution in [3.63, 3.8) is 0 Å². The lowest BCUT2D eigenvalue weighted by molar-refractivity contribution is -0.571. The van der Waals surface area contributed by atoms with Gasteiger partial charge in [0.25, 0.3) is 6.33 Å². The number of pyridine rings is 1. The Bertz CT molecular complexity index is 3930. The SMILES string of the molecule is [2H]c1c([2H])c([2H])c(-c2cccc(-c3c([2H])c([2H])c([2H])c([2H])c3[2H])c2-[n+]2[c-]n(-c3cccc(Oc4ccc5c6cc(-c7ccccc7)ccc6n(-c6cc(C(C)C(C)C)ccn6)c5c4)c3)c3ccccc32)c([2H])c1[2H]. The number of hydrogen-bond acceptors (Lipinski definition) is 2. The van der Waals surface area contributed by atoms with Gasteiger partial charge in [-0.3, -0.25) is 13.7 Å². The fourth-order valence-electron chi connectivity index (χ4n) is 8.54. The first-order valence-electron chi connectivity index (χ1n) is 26.2. The highest BCUT2D eigenvalue weighted by Crippen LogP contribution is 2.39. The smallest absolute Gasteiger partial charge is 0.269 e. The van der Waals surface area contributed by atoms with E-state index < -0.39 is 60.4 Å². The molecule has 0 saturated heterocycles.